The number of benzene rings is 1. The van der Waals surface area contributed by atoms with E-state index in [2.05, 4.69) is 22.9 Å². The molecule has 0 spiro atoms. The summed E-state index contributed by atoms with van der Waals surface area (Å²) in [4.78, 5) is 0. The lowest BCUT2D eigenvalue weighted by molar-refractivity contribution is 0.517. The van der Waals surface area contributed by atoms with Crippen molar-refractivity contribution in [3.05, 3.63) is 34.1 Å². The predicted molar refractivity (Wildman–Crippen MR) is 88.3 cm³/mol. The van der Waals surface area contributed by atoms with E-state index in [-0.39, 0.29) is 11.9 Å². The van der Waals surface area contributed by atoms with E-state index < -0.39 is 0 Å². The van der Waals surface area contributed by atoms with E-state index in [1.807, 2.05) is 6.07 Å². The quantitative estimate of drug-likeness (QED) is 0.509. The van der Waals surface area contributed by atoms with Crippen molar-refractivity contribution in [1.29, 1.82) is 0 Å². The Morgan fingerprint density at radius 1 is 1.05 bits per heavy atom. The summed E-state index contributed by atoms with van der Waals surface area (Å²) in [6, 6.07) is 4.95. The number of rotatable bonds is 10. The van der Waals surface area contributed by atoms with Crippen LogP contribution in [-0.2, 0) is 0 Å². The summed E-state index contributed by atoms with van der Waals surface area (Å²) in [7, 11) is 0. The van der Waals surface area contributed by atoms with Crippen LogP contribution in [-0.4, -0.2) is 0 Å². The monoisotopic (exact) mass is 343 g/mol. The van der Waals surface area contributed by atoms with E-state index in [0.717, 1.165) is 17.3 Å². The Labute approximate surface area is 131 Å². The second-order valence-corrected chi connectivity index (χ2v) is 6.45. The molecule has 0 radical (unpaired) electrons. The SMILES string of the molecule is CCCCCCCCCCC(N)c1ccc(Br)cc1F. The lowest BCUT2D eigenvalue weighted by atomic mass is 10.00. The average Bonchev–Trinajstić information content (AvgIpc) is 2.41. The van der Waals surface area contributed by atoms with Gasteiger partial charge in [0.2, 0.25) is 0 Å². The Morgan fingerprint density at radius 3 is 2.25 bits per heavy atom. The van der Waals surface area contributed by atoms with E-state index in [4.69, 9.17) is 5.73 Å². The first-order chi connectivity index (χ1) is 9.65. The van der Waals surface area contributed by atoms with Gasteiger partial charge in [-0.1, -0.05) is 80.3 Å². The van der Waals surface area contributed by atoms with Crippen LogP contribution in [0.15, 0.2) is 22.7 Å². The van der Waals surface area contributed by atoms with Crippen molar-refractivity contribution in [2.24, 2.45) is 5.73 Å². The van der Waals surface area contributed by atoms with Crippen LogP contribution in [0.5, 0.6) is 0 Å². The molecule has 0 aliphatic heterocycles. The molecule has 0 aliphatic carbocycles. The van der Waals surface area contributed by atoms with Gasteiger partial charge >= 0.3 is 0 Å². The van der Waals surface area contributed by atoms with E-state index in [1.165, 1.54) is 51.0 Å². The second-order valence-electron chi connectivity index (χ2n) is 5.54. The molecule has 1 atom stereocenters. The highest BCUT2D eigenvalue weighted by atomic mass is 79.9. The van der Waals surface area contributed by atoms with Crippen molar-refractivity contribution in [2.45, 2.75) is 70.8 Å². The molecule has 0 fully saturated rings. The molecule has 1 rings (SSSR count). The fourth-order valence-electron chi connectivity index (χ4n) is 2.46. The molecular formula is C17H27BrFN. The van der Waals surface area contributed by atoms with Crippen molar-refractivity contribution >= 4 is 15.9 Å². The number of hydrogen-bond donors (Lipinski definition) is 1. The first kappa shape index (κ1) is 17.6. The highest BCUT2D eigenvalue weighted by molar-refractivity contribution is 9.10. The van der Waals surface area contributed by atoms with Crippen molar-refractivity contribution in [3.63, 3.8) is 0 Å². The van der Waals surface area contributed by atoms with Gasteiger partial charge in [0.25, 0.3) is 0 Å². The molecule has 1 aromatic carbocycles. The standard InChI is InChI=1S/C17H27BrFN/c1-2-3-4-5-6-7-8-9-10-17(20)15-12-11-14(18)13-16(15)19/h11-13,17H,2-10,20H2,1H3. The van der Waals surface area contributed by atoms with Crippen LogP contribution in [0.2, 0.25) is 0 Å². The molecule has 0 bridgehead atoms. The predicted octanol–water partition coefficient (Wildman–Crippen LogP) is 6.12. The van der Waals surface area contributed by atoms with E-state index >= 15 is 0 Å². The van der Waals surface area contributed by atoms with Crippen molar-refractivity contribution in [3.8, 4) is 0 Å². The van der Waals surface area contributed by atoms with Crippen LogP contribution in [0.25, 0.3) is 0 Å². The minimum Gasteiger partial charge on any atom is -0.324 e. The normalized spacial score (nSPS) is 12.6. The zero-order valence-corrected chi connectivity index (χ0v) is 14.1. The molecule has 20 heavy (non-hydrogen) atoms. The van der Waals surface area contributed by atoms with Crippen LogP contribution < -0.4 is 5.73 Å². The molecule has 0 heterocycles. The summed E-state index contributed by atoms with van der Waals surface area (Å²) in [5.74, 6) is -0.202. The smallest absolute Gasteiger partial charge is 0.129 e. The fourth-order valence-corrected chi connectivity index (χ4v) is 2.79. The van der Waals surface area contributed by atoms with Gasteiger partial charge in [0, 0.05) is 16.1 Å². The third kappa shape index (κ3) is 6.85. The highest BCUT2D eigenvalue weighted by Crippen LogP contribution is 2.23. The molecule has 2 N–H and O–H groups in total. The van der Waals surface area contributed by atoms with Gasteiger partial charge in [0.15, 0.2) is 0 Å². The first-order valence-corrected chi connectivity index (χ1v) is 8.65. The van der Waals surface area contributed by atoms with Crippen LogP contribution in [0, 0.1) is 5.82 Å². The van der Waals surface area contributed by atoms with Crippen LogP contribution in [0.3, 0.4) is 0 Å². The molecule has 0 saturated carbocycles. The molecule has 3 heteroatoms. The summed E-state index contributed by atoms with van der Waals surface area (Å²) in [6.45, 7) is 2.24. The fraction of sp³-hybridized carbons (Fsp3) is 0.647. The summed E-state index contributed by atoms with van der Waals surface area (Å²) in [6.07, 6.45) is 11.1. The largest absolute Gasteiger partial charge is 0.324 e. The van der Waals surface area contributed by atoms with Crippen LogP contribution >= 0.6 is 15.9 Å². The molecular weight excluding hydrogens is 317 g/mol. The maximum Gasteiger partial charge on any atom is 0.129 e. The van der Waals surface area contributed by atoms with Crippen molar-refractivity contribution in [2.75, 3.05) is 0 Å². The Balaban J connectivity index is 2.15. The Hall–Kier alpha value is -0.410. The Morgan fingerprint density at radius 2 is 1.65 bits per heavy atom. The van der Waals surface area contributed by atoms with Gasteiger partial charge in [-0.25, -0.2) is 4.39 Å². The summed E-state index contributed by atoms with van der Waals surface area (Å²) in [5, 5.41) is 0. The number of nitrogens with two attached hydrogens (primary N) is 1. The summed E-state index contributed by atoms with van der Waals surface area (Å²) >= 11 is 3.26. The van der Waals surface area contributed by atoms with Gasteiger partial charge in [-0.15, -0.1) is 0 Å². The van der Waals surface area contributed by atoms with Crippen LogP contribution in [0.1, 0.15) is 76.3 Å². The van der Waals surface area contributed by atoms with Gasteiger partial charge in [0.1, 0.15) is 5.82 Å². The van der Waals surface area contributed by atoms with E-state index in [9.17, 15) is 4.39 Å². The summed E-state index contributed by atoms with van der Waals surface area (Å²) in [5.41, 5.74) is 6.71. The zero-order chi connectivity index (χ0) is 14.8. The molecule has 1 nitrogen and oxygen atoms in total. The third-order valence-corrected chi connectivity index (χ3v) is 4.22. The van der Waals surface area contributed by atoms with Gasteiger partial charge in [-0.2, -0.15) is 0 Å². The van der Waals surface area contributed by atoms with Gasteiger partial charge < -0.3 is 5.73 Å². The molecule has 0 aromatic heterocycles. The van der Waals surface area contributed by atoms with Gasteiger partial charge in [-0.05, 0) is 18.6 Å². The molecule has 1 unspecified atom stereocenters. The average molecular weight is 344 g/mol. The minimum absolute atomic E-state index is 0.178. The van der Waals surface area contributed by atoms with Crippen molar-refractivity contribution < 1.29 is 4.39 Å². The van der Waals surface area contributed by atoms with Crippen LogP contribution in [0.4, 0.5) is 4.39 Å². The van der Waals surface area contributed by atoms with Crippen molar-refractivity contribution in [1.82, 2.24) is 0 Å². The molecule has 0 aliphatic rings. The topological polar surface area (TPSA) is 26.0 Å². The Bertz CT molecular complexity index is 381. The molecule has 1 aromatic rings. The first-order valence-electron chi connectivity index (χ1n) is 7.85. The van der Waals surface area contributed by atoms with E-state index in [0.29, 0.717) is 5.56 Å². The molecule has 114 valence electrons. The number of unbranched alkanes of at least 4 members (excludes halogenated alkanes) is 7. The zero-order valence-electron chi connectivity index (χ0n) is 12.5. The summed E-state index contributed by atoms with van der Waals surface area (Å²) < 4.78 is 14.5. The van der Waals surface area contributed by atoms with Gasteiger partial charge in [0.05, 0.1) is 0 Å². The number of hydrogen-bond acceptors (Lipinski definition) is 1. The lowest BCUT2D eigenvalue weighted by Crippen LogP contribution is -2.12. The Kier molecular flexibility index (Phi) is 9.12. The minimum atomic E-state index is -0.202. The lowest BCUT2D eigenvalue weighted by Gasteiger charge is -2.13. The number of halogens is 2. The van der Waals surface area contributed by atoms with Gasteiger partial charge in [-0.3, -0.25) is 0 Å². The maximum atomic E-state index is 13.7. The second kappa shape index (κ2) is 10.3. The maximum absolute atomic E-state index is 13.7. The molecule has 0 amide bonds. The highest BCUT2D eigenvalue weighted by Gasteiger charge is 2.11. The third-order valence-electron chi connectivity index (χ3n) is 3.73. The molecule has 0 saturated heterocycles. The van der Waals surface area contributed by atoms with E-state index in [1.54, 1.807) is 6.07 Å².